The van der Waals surface area contributed by atoms with E-state index in [9.17, 15) is 71.2 Å². The lowest BCUT2D eigenvalue weighted by Gasteiger charge is -2.49. The van der Waals surface area contributed by atoms with Gasteiger partial charge in [0.2, 0.25) is 5.91 Å². The van der Waals surface area contributed by atoms with Crippen molar-refractivity contribution in [2.24, 2.45) is 0 Å². The summed E-state index contributed by atoms with van der Waals surface area (Å²) in [5.74, 6) is -0.709. The van der Waals surface area contributed by atoms with Crippen molar-refractivity contribution in [2.75, 3.05) is 26.4 Å². The van der Waals surface area contributed by atoms with Crippen LogP contribution in [0.3, 0.4) is 0 Å². The third-order valence-electron chi connectivity index (χ3n) is 8.59. The molecule has 22 nitrogen and oxygen atoms in total. The van der Waals surface area contributed by atoms with Gasteiger partial charge >= 0.3 is 0 Å². The molecule has 20 unspecified atom stereocenters. The van der Waals surface area contributed by atoms with Gasteiger partial charge in [0.15, 0.2) is 25.2 Å². The predicted molar refractivity (Wildman–Crippen MR) is 145 cm³/mol. The molecule has 0 aromatic heterocycles. The Balaban J connectivity index is 1.54. The molecule has 4 fully saturated rings. The molecular weight excluding hydrogens is 662 g/mol. The van der Waals surface area contributed by atoms with E-state index in [4.69, 9.17) is 33.2 Å². The maximum absolute atomic E-state index is 11.9. The van der Waals surface area contributed by atoms with E-state index in [1.807, 2.05) is 0 Å². The maximum Gasteiger partial charge on any atom is 0.217 e. The largest absolute Gasteiger partial charge is 0.394 e. The van der Waals surface area contributed by atoms with Crippen molar-refractivity contribution < 1.29 is 104 Å². The second-order valence-electron chi connectivity index (χ2n) is 11.9. The number of carbonyl (C=O) groups excluding carboxylic acids is 1. The van der Waals surface area contributed by atoms with E-state index < -0.39 is 155 Å². The monoisotopic (exact) mass is 707 g/mol. The molecule has 0 aromatic rings. The van der Waals surface area contributed by atoms with Crippen LogP contribution in [0.25, 0.3) is 0 Å². The van der Waals surface area contributed by atoms with E-state index in [0.29, 0.717) is 0 Å². The molecule has 4 aliphatic heterocycles. The SMILES string of the molecule is CC(=O)NC1C(OC2C(OC3C(O)C(O)OC(COC4OC(CO)C(O)C(O)C4O)C3O)OC(CO)C(O)C2O)OC(CO)C(O)C1O. The molecule has 48 heavy (non-hydrogen) atoms. The lowest BCUT2D eigenvalue weighted by Crippen LogP contribution is -2.68. The normalized spacial score (nSPS) is 50.2. The average molecular weight is 708 g/mol. The molecule has 0 aromatic carbocycles. The summed E-state index contributed by atoms with van der Waals surface area (Å²) in [7, 11) is 0. The highest BCUT2D eigenvalue weighted by atomic mass is 16.8. The van der Waals surface area contributed by atoms with Gasteiger partial charge in [-0.2, -0.15) is 0 Å². The van der Waals surface area contributed by atoms with Crippen molar-refractivity contribution in [3.05, 3.63) is 0 Å². The first-order valence-electron chi connectivity index (χ1n) is 15.1. The minimum Gasteiger partial charge on any atom is -0.394 e. The smallest absolute Gasteiger partial charge is 0.217 e. The van der Waals surface area contributed by atoms with Gasteiger partial charge in [0.25, 0.3) is 0 Å². The van der Waals surface area contributed by atoms with Crippen LogP contribution in [0.15, 0.2) is 0 Å². The minimum absolute atomic E-state index is 0.709. The second kappa shape index (κ2) is 16.8. The van der Waals surface area contributed by atoms with Crippen LogP contribution in [-0.2, 0) is 38.0 Å². The van der Waals surface area contributed by atoms with Crippen molar-refractivity contribution in [1.82, 2.24) is 5.32 Å². The van der Waals surface area contributed by atoms with Gasteiger partial charge in [0.05, 0.1) is 26.4 Å². The van der Waals surface area contributed by atoms with Gasteiger partial charge in [-0.3, -0.25) is 4.79 Å². The van der Waals surface area contributed by atoms with Crippen LogP contribution in [0, 0.1) is 0 Å². The van der Waals surface area contributed by atoms with Crippen LogP contribution in [0.5, 0.6) is 0 Å². The second-order valence-corrected chi connectivity index (χ2v) is 11.9. The fraction of sp³-hybridized carbons (Fsp3) is 0.962. The van der Waals surface area contributed by atoms with E-state index in [2.05, 4.69) is 5.32 Å². The first-order valence-corrected chi connectivity index (χ1v) is 15.1. The summed E-state index contributed by atoms with van der Waals surface area (Å²) in [6, 6.07) is -1.52. The first-order chi connectivity index (χ1) is 22.6. The molecule has 0 bridgehead atoms. The summed E-state index contributed by atoms with van der Waals surface area (Å²) in [6.07, 6.45) is -33.6. The quantitative estimate of drug-likeness (QED) is 0.0947. The lowest BCUT2D eigenvalue weighted by atomic mass is 9.95. The Labute approximate surface area is 272 Å². The third kappa shape index (κ3) is 8.24. The molecule has 0 aliphatic carbocycles. The number of carbonyl (C=O) groups is 1. The molecule has 0 radical (unpaired) electrons. The van der Waals surface area contributed by atoms with Crippen molar-refractivity contribution in [3.63, 3.8) is 0 Å². The van der Waals surface area contributed by atoms with Gasteiger partial charge in [-0.25, -0.2) is 0 Å². The minimum atomic E-state index is -2.07. The van der Waals surface area contributed by atoms with Crippen LogP contribution in [0.2, 0.25) is 0 Å². The predicted octanol–water partition coefficient (Wildman–Crippen LogP) is -9.61. The Bertz CT molecular complexity index is 1030. The number of rotatable bonds is 11. The van der Waals surface area contributed by atoms with E-state index in [0.717, 1.165) is 6.92 Å². The zero-order chi connectivity index (χ0) is 35.6. The third-order valence-corrected chi connectivity index (χ3v) is 8.59. The summed E-state index contributed by atoms with van der Waals surface area (Å²) in [5, 5.41) is 136. The number of aliphatic hydroxyl groups excluding tert-OH is 13. The Morgan fingerprint density at radius 3 is 1.60 bits per heavy atom. The lowest BCUT2D eigenvalue weighted by molar-refractivity contribution is -0.383. The molecule has 0 saturated carbocycles. The molecule has 0 spiro atoms. The highest BCUT2D eigenvalue weighted by Crippen LogP contribution is 2.33. The Morgan fingerprint density at radius 2 is 1.04 bits per heavy atom. The summed E-state index contributed by atoms with van der Waals surface area (Å²) >= 11 is 0. The van der Waals surface area contributed by atoms with Crippen molar-refractivity contribution >= 4 is 5.91 Å². The average Bonchev–Trinajstić information content (AvgIpc) is 3.06. The van der Waals surface area contributed by atoms with Gasteiger partial charge in [0, 0.05) is 6.92 Å². The van der Waals surface area contributed by atoms with Gasteiger partial charge in [-0.15, -0.1) is 0 Å². The Morgan fingerprint density at radius 1 is 0.542 bits per heavy atom. The van der Waals surface area contributed by atoms with Crippen LogP contribution in [-0.4, -0.2) is 221 Å². The fourth-order valence-electron chi connectivity index (χ4n) is 5.82. The number of amides is 1. The molecule has 22 heteroatoms. The fourth-order valence-corrected chi connectivity index (χ4v) is 5.82. The Kier molecular flexibility index (Phi) is 13.8. The van der Waals surface area contributed by atoms with Crippen molar-refractivity contribution in [3.8, 4) is 0 Å². The standard InChI is InChI=1S/C26H45NO21/c1-6(31)27-11-16(36)12(32)7(2-28)44-24(11)48-22-18(38)14(34)9(4-30)46-26(22)47-21-15(35)10(43-23(41)20(21)40)5-42-25-19(39)17(37)13(33)8(3-29)45-25/h7-26,28-30,32-41H,2-5H2,1H3,(H,27,31). The molecular formula is C26H45NO21. The molecule has 4 rings (SSSR count). The Hall–Kier alpha value is -1.33. The summed E-state index contributed by atoms with van der Waals surface area (Å²) in [6.45, 7) is -2.10. The molecule has 4 heterocycles. The van der Waals surface area contributed by atoms with Crippen molar-refractivity contribution in [2.45, 2.75) is 130 Å². The molecule has 4 aliphatic rings. The zero-order valence-electron chi connectivity index (χ0n) is 25.5. The van der Waals surface area contributed by atoms with E-state index in [1.165, 1.54) is 0 Å². The summed E-state index contributed by atoms with van der Waals surface area (Å²) in [5.41, 5.74) is 0. The summed E-state index contributed by atoms with van der Waals surface area (Å²) < 4.78 is 38.4. The molecule has 1 amide bonds. The van der Waals surface area contributed by atoms with Gasteiger partial charge < -0.3 is 105 Å². The van der Waals surface area contributed by atoms with Crippen LogP contribution in [0.1, 0.15) is 6.92 Å². The molecule has 14 N–H and O–H groups in total. The van der Waals surface area contributed by atoms with Crippen LogP contribution < -0.4 is 5.32 Å². The molecule has 4 saturated heterocycles. The maximum atomic E-state index is 11.9. The van der Waals surface area contributed by atoms with Gasteiger partial charge in [-0.05, 0) is 0 Å². The van der Waals surface area contributed by atoms with E-state index in [1.54, 1.807) is 0 Å². The number of ether oxygens (including phenoxy) is 7. The first kappa shape index (κ1) is 39.5. The van der Waals surface area contributed by atoms with Gasteiger partial charge in [0.1, 0.15) is 97.6 Å². The molecule has 280 valence electrons. The van der Waals surface area contributed by atoms with Gasteiger partial charge in [-0.1, -0.05) is 0 Å². The zero-order valence-corrected chi connectivity index (χ0v) is 25.5. The number of aliphatic hydroxyl groups is 13. The number of hydrogen-bond acceptors (Lipinski definition) is 21. The van der Waals surface area contributed by atoms with Crippen LogP contribution >= 0.6 is 0 Å². The summed E-state index contributed by atoms with van der Waals surface area (Å²) in [4.78, 5) is 11.9. The number of nitrogens with one attached hydrogen (secondary N) is 1. The van der Waals surface area contributed by atoms with E-state index in [-0.39, 0.29) is 0 Å². The highest BCUT2D eigenvalue weighted by Gasteiger charge is 2.54. The molecule has 20 atom stereocenters. The van der Waals surface area contributed by atoms with E-state index >= 15 is 0 Å². The van der Waals surface area contributed by atoms with Crippen LogP contribution in [0.4, 0.5) is 0 Å². The van der Waals surface area contributed by atoms with Crippen molar-refractivity contribution in [1.29, 1.82) is 0 Å². The highest BCUT2D eigenvalue weighted by molar-refractivity contribution is 5.73. The number of hydrogen-bond donors (Lipinski definition) is 14. The topological polar surface area (TPSA) is 357 Å².